The number of rotatable bonds is 4. The van der Waals surface area contributed by atoms with Gasteiger partial charge < -0.3 is 10.2 Å². The summed E-state index contributed by atoms with van der Waals surface area (Å²) in [5.74, 6) is -0.297. The molecule has 4 heterocycles. The van der Waals surface area contributed by atoms with Gasteiger partial charge in [0, 0.05) is 24.5 Å². The standard InChI is InChI=1S/C22H18F2N6O/c23-14-6-7-17(24)15(11-14)18-4-3-9-30(18)21-16-10-13(12-26-20(16)28-29-21)22(31)27-19-5-1-2-8-25-19/h1-2,5-8,10-12,18H,3-4,9H2,(H,25,27,31)(H,26,28,29)/t18-/m1/s1. The smallest absolute Gasteiger partial charge is 0.258 e. The zero-order chi connectivity index (χ0) is 21.4. The van der Waals surface area contributed by atoms with Crippen molar-refractivity contribution in [3.05, 3.63) is 77.6 Å². The third-order valence-corrected chi connectivity index (χ3v) is 5.41. The molecule has 0 saturated carbocycles. The van der Waals surface area contributed by atoms with Crippen LogP contribution in [-0.4, -0.2) is 32.6 Å². The van der Waals surface area contributed by atoms with Crippen molar-refractivity contribution < 1.29 is 13.6 Å². The lowest BCUT2D eigenvalue weighted by Gasteiger charge is -2.25. The number of nitrogens with zero attached hydrogens (tertiary/aromatic N) is 4. The number of pyridine rings is 2. The Balaban J connectivity index is 1.49. The summed E-state index contributed by atoms with van der Waals surface area (Å²) in [5, 5.41) is 10.6. The van der Waals surface area contributed by atoms with Gasteiger partial charge >= 0.3 is 0 Å². The number of hydrogen-bond acceptors (Lipinski definition) is 5. The first-order valence-corrected chi connectivity index (χ1v) is 9.88. The Morgan fingerprint density at radius 1 is 1.16 bits per heavy atom. The maximum atomic E-state index is 14.4. The summed E-state index contributed by atoms with van der Waals surface area (Å²) < 4.78 is 28.2. The first-order chi connectivity index (χ1) is 15.1. The van der Waals surface area contributed by atoms with Crippen LogP contribution < -0.4 is 10.2 Å². The second-order valence-corrected chi connectivity index (χ2v) is 7.35. The van der Waals surface area contributed by atoms with E-state index >= 15 is 0 Å². The van der Waals surface area contributed by atoms with E-state index in [2.05, 4.69) is 25.5 Å². The quantitative estimate of drug-likeness (QED) is 0.516. The van der Waals surface area contributed by atoms with Crippen LogP contribution in [0, 0.1) is 11.6 Å². The minimum absolute atomic E-state index is 0.297. The highest BCUT2D eigenvalue weighted by atomic mass is 19.1. The Bertz CT molecular complexity index is 1260. The van der Waals surface area contributed by atoms with Gasteiger partial charge in [-0.25, -0.2) is 18.7 Å². The normalized spacial score (nSPS) is 16.1. The third kappa shape index (κ3) is 3.58. The molecule has 1 aromatic carbocycles. The molecule has 1 aliphatic rings. The van der Waals surface area contributed by atoms with Crippen molar-refractivity contribution in [1.29, 1.82) is 0 Å². The van der Waals surface area contributed by atoms with Gasteiger partial charge in [0.05, 0.1) is 17.0 Å². The van der Waals surface area contributed by atoms with E-state index < -0.39 is 11.6 Å². The van der Waals surface area contributed by atoms with Gasteiger partial charge in [-0.15, -0.1) is 0 Å². The highest BCUT2D eigenvalue weighted by Gasteiger charge is 2.31. The van der Waals surface area contributed by atoms with Crippen molar-refractivity contribution in [1.82, 2.24) is 20.2 Å². The Labute approximate surface area is 176 Å². The minimum Gasteiger partial charge on any atom is -0.347 e. The van der Waals surface area contributed by atoms with Crippen LogP contribution in [0.15, 0.2) is 54.9 Å². The highest BCUT2D eigenvalue weighted by molar-refractivity contribution is 6.06. The number of aromatic amines is 1. The molecule has 1 atom stereocenters. The lowest BCUT2D eigenvalue weighted by atomic mass is 10.0. The van der Waals surface area contributed by atoms with Gasteiger partial charge in [-0.2, -0.15) is 5.10 Å². The van der Waals surface area contributed by atoms with E-state index in [0.717, 1.165) is 18.6 Å². The highest BCUT2D eigenvalue weighted by Crippen LogP contribution is 2.39. The molecule has 0 radical (unpaired) electrons. The second-order valence-electron chi connectivity index (χ2n) is 7.35. The summed E-state index contributed by atoms with van der Waals surface area (Å²) in [5.41, 5.74) is 1.15. The number of H-pyrrole nitrogens is 1. The monoisotopic (exact) mass is 420 g/mol. The maximum absolute atomic E-state index is 14.4. The van der Waals surface area contributed by atoms with E-state index in [-0.39, 0.29) is 11.9 Å². The SMILES string of the molecule is O=C(Nc1ccccn1)c1cnc2[nH]nc(N3CCC[C@@H]3c3cc(F)ccc3F)c2c1. The van der Waals surface area contributed by atoms with E-state index in [1.54, 1.807) is 30.5 Å². The molecule has 0 aliphatic carbocycles. The molecule has 1 aliphatic heterocycles. The molecule has 9 heteroatoms. The van der Waals surface area contributed by atoms with Gasteiger partial charge in [-0.3, -0.25) is 9.89 Å². The van der Waals surface area contributed by atoms with Crippen molar-refractivity contribution >= 4 is 28.6 Å². The first kappa shape index (κ1) is 19.1. The molecule has 0 spiro atoms. The molecule has 7 nitrogen and oxygen atoms in total. The number of nitrogens with one attached hydrogen (secondary N) is 2. The molecule has 1 saturated heterocycles. The molecule has 0 unspecified atom stereocenters. The minimum atomic E-state index is -0.481. The maximum Gasteiger partial charge on any atom is 0.258 e. The number of aromatic nitrogens is 4. The molecular weight excluding hydrogens is 402 g/mol. The predicted octanol–water partition coefficient (Wildman–Crippen LogP) is 4.22. The number of anilines is 2. The summed E-state index contributed by atoms with van der Waals surface area (Å²) in [6.07, 6.45) is 4.52. The van der Waals surface area contributed by atoms with Gasteiger partial charge in [0.25, 0.3) is 5.91 Å². The topological polar surface area (TPSA) is 86.8 Å². The Morgan fingerprint density at radius 2 is 2.06 bits per heavy atom. The number of hydrogen-bond donors (Lipinski definition) is 2. The largest absolute Gasteiger partial charge is 0.347 e. The fourth-order valence-corrected chi connectivity index (χ4v) is 3.97. The lowest BCUT2D eigenvalue weighted by Crippen LogP contribution is -2.24. The van der Waals surface area contributed by atoms with Crippen molar-refractivity contribution in [2.75, 3.05) is 16.8 Å². The van der Waals surface area contributed by atoms with Gasteiger partial charge in [-0.1, -0.05) is 6.07 Å². The number of benzene rings is 1. The van der Waals surface area contributed by atoms with E-state index in [1.807, 2.05) is 4.90 Å². The first-order valence-electron chi connectivity index (χ1n) is 9.88. The fourth-order valence-electron chi connectivity index (χ4n) is 3.97. The van der Waals surface area contributed by atoms with Gasteiger partial charge in [0.15, 0.2) is 11.5 Å². The summed E-state index contributed by atoms with van der Waals surface area (Å²) in [4.78, 5) is 23.0. The summed E-state index contributed by atoms with van der Waals surface area (Å²) >= 11 is 0. The number of amides is 1. The van der Waals surface area contributed by atoms with Crippen molar-refractivity contribution in [3.8, 4) is 0 Å². The molecule has 4 aromatic rings. The molecular formula is C22H18F2N6O. The van der Waals surface area contributed by atoms with Crippen molar-refractivity contribution in [2.45, 2.75) is 18.9 Å². The predicted molar refractivity (Wildman–Crippen MR) is 112 cm³/mol. The molecule has 1 amide bonds. The zero-order valence-electron chi connectivity index (χ0n) is 16.3. The average Bonchev–Trinajstić information content (AvgIpc) is 3.42. The van der Waals surface area contributed by atoms with Crippen molar-refractivity contribution in [3.63, 3.8) is 0 Å². The second kappa shape index (κ2) is 7.75. The number of carbonyl (C=O) groups is 1. The fraction of sp³-hybridized carbons (Fsp3) is 0.182. The van der Waals surface area contributed by atoms with E-state index in [4.69, 9.17) is 0 Å². The Kier molecular flexibility index (Phi) is 4.78. The summed E-state index contributed by atoms with van der Waals surface area (Å²) in [6.45, 7) is 0.630. The van der Waals surface area contributed by atoms with E-state index in [1.165, 1.54) is 12.3 Å². The molecule has 0 bridgehead atoms. The van der Waals surface area contributed by atoms with Crippen molar-refractivity contribution in [2.24, 2.45) is 0 Å². The molecule has 1 fully saturated rings. The van der Waals surface area contributed by atoms with Crippen LogP contribution in [-0.2, 0) is 0 Å². The lowest BCUT2D eigenvalue weighted by molar-refractivity contribution is 0.102. The Morgan fingerprint density at radius 3 is 2.90 bits per heavy atom. The van der Waals surface area contributed by atoms with E-state index in [9.17, 15) is 13.6 Å². The van der Waals surface area contributed by atoms with Gasteiger partial charge in [0.2, 0.25) is 0 Å². The van der Waals surface area contributed by atoms with Crippen LogP contribution in [0.5, 0.6) is 0 Å². The van der Waals surface area contributed by atoms with Crippen LogP contribution >= 0.6 is 0 Å². The van der Waals surface area contributed by atoms with Gasteiger partial charge in [-0.05, 0) is 49.2 Å². The summed E-state index contributed by atoms with van der Waals surface area (Å²) in [7, 11) is 0. The van der Waals surface area contributed by atoms with E-state index in [0.29, 0.717) is 46.8 Å². The number of fused-ring (bicyclic) bond motifs is 1. The molecule has 156 valence electrons. The average molecular weight is 420 g/mol. The summed E-state index contributed by atoms with van der Waals surface area (Å²) in [6, 6.07) is 10.0. The molecule has 2 N–H and O–H groups in total. The third-order valence-electron chi connectivity index (χ3n) is 5.41. The van der Waals surface area contributed by atoms with Crippen LogP contribution in [0.3, 0.4) is 0 Å². The van der Waals surface area contributed by atoms with Crippen LogP contribution in [0.25, 0.3) is 11.0 Å². The number of carbonyl (C=O) groups excluding carboxylic acids is 1. The van der Waals surface area contributed by atoms with Gasteiger partial charge in [0.1, 0.15) is 17.5 Å². The van der Waals surface area contributed by atoms with Crippen LogP contribution in [0.2, 0.25) is 0 Å². The molecule has 31 heavy (non-hydrogen) atoms. The zero-order valence-corrected chi connectivity index (χ0v) is 16.3. The van der Waals surface area contributed by atoms with Crippen LogP contribution in [0.4, 0.5) is 20.4 Å². The molecule has 3 aromatic heterocycles. The number of halogens is 2. The Hall–Kier alpha value is -3.88. The van der Waals surface area contributed by atoms with Crippen LogP contribution in [0.1, 0.15) is 34.8 Å². The molecule has 5 rings (SSSR count).